The van der Waals surface area contributed by atoms with E-state index in [2.05, 4.69) is 25.6 Å². The molecule has 0 aliphatic carbocycles. The molecule has 4 nitrogen and oxygen atoms in total. The van der Waals surface area contributed by atoms with Crippen LogP contribution in [-0.4, -0.2) is 36.1 Å². The van der Waals surface area contributed by atoms with Crippen molar-refractivity contribution >= 4 is 0 Å². The molecule has 1 unspecified atom stereocenters. The Hall–Kier alpha value is -1.36. The number of hydrogen-bond acceptors (Lipinski definition) is 4. The van der Waals surface area contributed by atoms with Gasteiger partial charge in [0.15, 0.2) is 0 Å². The SMILES string of the molecule is C=CCCCCCCCC(O)[C@@H]1C[C@H](OCc2ccc(OCC)cc2)[C@H](CCCCC)O1. The van der Waals surface area contributed by atoms with E-state index >= 15 is 0 Å². The van der Waals surface area contributed by atoms with Crippen LogP contribution in [0.5, 0.6) is 5.75 Å². The molecule has 1 aliphatic rings. The largest absolute Gasteiger partial charge is 0.494 e. The van der Waals surface area contributed by atoms with Gasteiger partial charge in [0.2, 0.25) is 0 Å². The van der Waals surface area contributed by atoms with Crippen molar-refractivity contribution in [3.63, 3.8) is 0 Å². The number of hydrogen-bond donors (Lipinski definition) is 1. The maximum absolute atomic E-state index is 10.8. The fourth-order valence-corrected chi connectivity index (χ4v) is 4.43. The summed E-state index contributed by atoms with van der Waals surface area (Å²) in [4.78, 5) is 0. The molecule has 0 amide bonds. The van der Waals surface area contributed by atoms with Gasteiger partial charge in [0.05, 0.1) is 37.6 Å². The second kappa shape index (κ2) is 16.3. The third-order valence-corrected chi connectivity index (χ3v) is 6.36. The second-order valence-corrected chi connectivity index (χ2v) is 9.07. The summed E-state index contributed by atoms with van der Waals surface area (Å²) in [5.41, 5.74) is 1.14. The number of benzene rings is 1. The average molecular weight is 447 g/mol. The predicted molar refractivity (Wildman–Crippen MR) is 132 cm³/mol. The molecule has 0 spiro atoms. The van der Waals surface area contributed by atoms with Crippen molar-refractivity contribution < 1.29 is 19.3 Å². The van der Waals surface area contributed by atoms with Crippen LogP contribution in [0.4, 0.5) is 0 Å². The van der Waals surface area contributed by atoms with Gasteiger partial charge in [0, 0.05) is 6.42 Å². The van der Waals surface area contributed by atoms with E-state index in [0.29, 0.717) is 13.2 Å². The van der Waals surface area contributed by atoms with Crippen molar-refractivity contribution in [1.29, 1.82) is 0 Å². The monoisotopic (exact) mass is 446 g/mol. The van der Waals surface area contributed by atoms with E-state index in [9.17, 15) is 5.11 Å². The topological polar surface area (TPSA) is 47.9 Å². The van der Waals surface area contributed by atoms with E-state index in [4.69, 9.17) is 14.2 Å². The van der Waals surface area contributed by atoms with Crippen LogP contribution in [0.1, 0.15) is 96.5 Å². The maximum Gasteiger partial charge on any atom is 0.119 e. The summed E-state index contributed by atoms with van der Waals surface area (Å²) < 4.78 is 18.2. The summed E-state index contributed by atoms with van der Waals surface area (Å²) in [6.07, 6.45) is 14.9. The van der Waals surface area contributed by atoms with Gasteiger partial charge in [0.1, 0.15) is 5.75 Å². The average Bonchev–Trinajstić information content (AvgIpc) is 3.21. The highest BCUT2D eigenvalue weighted by Gasteiger charge is 2.38. The van der Waals surface area contributed by atoms with E-state index in [1.165, 1.54) is 38.5 Å². The lowest BCUT2D eigenvalue weighted by molar-refractivity contribution is -0.0617. The highest BCUT2D eigenvalue weighted by molar-refractivity contribution is 5.26. The van der Waals surface area contributed by atoms with Crippen LogP contribution >= 0.6 is 0 Å². The van der Waals surface area contributed by atoms with Crippen molar-refractivity contribution in [1.82, 2.24) is 0 Å². The van der Waals surface area contributed by atoms with Crippen molar-refractivity contribution in [2.75, 3.05) is 6.61 Å². The molecule has 182 valence electrons. The van der Waals surface area contributed by atoms with Gasteiger partial charge in [-0.15, -0.1) is 6.58 Å². The van der Waals surface area contributed by atoms with E-state index < -0.39 is 6.10 Å². The quantitative estimate of drug-likeness (QED) is 0.195. The summed E-state index contributed by atoms with van der Waals surface area (Å²) >= 11 is 0. The maximum atomic E-state index is 10.8. The van der Waals surface area contributed by atoms with Crippen molar-refractivity contribution in [2.24, 2.45) is 0 Å². The first-order valence-corrected chi connectivity index (χ1v) is 13.0. The minimum Gasteiger partial charge on any atom is -0.494 e. The molecule has 1 saturated heterocycles. The summed E-state index contributed by atoms with van der Waals surface area (Å²) in [6.45, 7) is 9.23. The Morgan fingerprint density at radius 1 is 1.06 bits per heavy atom. The van der Waals surface area contributed by atoms with Crippen LogP contribution in [0.25, 0.3) is 0 Å². The first-order chi connectivity index (χ1) is 15.7. The first-order valence-electron chi connectivity index (χ1n) is 13.0. The number of aliphatic hydroxyl groups is 1. The van der Waals surface area contributed by atoms with Crippen molar-refractivity contribution in [3.8, 4) is 5.75 Å². The fraction of sp³-hybridized carbons (Fsp3) is 0.714. The van der Waals surface area contributed by atoms with Crippen LogP contribution in [-0.2, 0) is 16.1 Å². The minimum absolute atomic E-state index is 0.0528. The molecule has 0 radical (unpaired) electrons. The fourth-order valence-electron chi connectivity index (χ4n) is 4.43. The van der Waals surface area contributed by atoms with Gasteiger partial charge in [-0.05, 0) is 50.3 Å². The molecule has 0 saturated carbocycles. The van der Waals surface area contributed by atoms with Crippen LogP contribution in [0.3, 0.4) is 0 Å². The lowest BCUT2D eigenvalue weighted by Gasteiger charge is -2.20. The number of unbranched alkanes of at least 4 members (excludes halogenated alkanes) is 7. The van der Waals surface area contributed by atoms with E-state index in [1.54, 1.807) is 0 Å². The molecule has 4 heteroatoms. The van der Waals surface area contributed by atoms with Gasteiger partial charge in [-0.1, -0.05) is 70.1 Å². The Kier molecular flexibility index (Phi) is 13.7. The molecule has 0 bridgehead atoms. The van der Waals surface area contributed by atoms with Gasteiger partial charge < -0.3 is 19.3 Å². The summed E-state index contributed by atoms with van der Waals surface area (Å²) in [7, 11) is 0. The zero-order chi connectivity index (χ0) is 23.0. The van der Waals surface area contributed by atoms with Gasteiger partial charge in [0.25, 0.3) is 0 Å². The number of aliphatic hydroxyl groups excluding tert-OH is 1. The molecular weight excluding hydrogens is 400 g/mol. The van der Waals surface area contributed by atoms with Gasteiger partial charge in [-0.25, -0.2) is 0 Å². The lowest BCUT2D eigenvalue weighted by Crippen LogP contribution is -2.26. The molecule has 1 aliphatic heterocycles. The summed E-state index contributed by atoms with van der Waals surface area (Å²) in [5.74, 6) is 0.891. The van der Waals surface area contributed by atoms with Crippen LogP contribution < -0.4 is 4.74 Å². The molecule has 32 heavy (non-hydrogen) atoms. The van der Waals surface area contributed by atoms with E-state index in [1.807, 2.05) is 25.1 Å². The van der Waals surface area contributed by atoms with Crippen LogP contribution in [0.15, 0.2) is 36.9 Å². The molecule has 1 N–H and O–H groups in total. The summed E-state index contributed by atoms with van der Waals surface area (Å²) in [6, 6.07) is 8.12. The van der Waals surface area contributed by atoms with Gasteiger partial charge in [-0.2, -0.15) is 0 Å². The van der Waals surface area contributed by atoms with Gasteiger partial charge >= 0.3 is 0 Å². The molecular formula is C28H46O4. The molecule has 1 aromatic rings. The molecule has 4 atom stereocenters. The zero-order valence-corrected chi connectivity index (χ0v) is 20.5. The standard InChI is InChI=1S/C28H46O4/c1-4-7-9-10-11-12-14-15-25(29)27-21-28(26(32-27)16-13-8-5-2)31-22-23-17-19-24(20-18-23)30-6-3/h4,17-20,25-29H,1,5-16,21-22H2,2-3H3/t25?,26-,27-,28-/m0/s1. The normalized spacial score (nSPS) is 21.5. The minimum atomic E-state index is -0.393. The Morgan fingerprint density at radius 3 is 2.53 bits per heavy atom. The van der Waals surface area contributed by atoms with E-state index in [-0.39, 0.29) is 18.3 Å². The zero-order valence-electron chi connectivity index (χ0n) is 20.5. The number of rotatable bonds is 18. The van der Waals surface area contributed by atoms with Crippen molar-refractivity contribution in [3.05, 3.63) is 42.5 Å². The van der Waals surface area contributed by atoms with E-state index in [0.717, 1.165) is 49.8 Å². The highest BCUT2D eigenvalue weighted by atomic mass is 16.6. The third kappa shape index (κ3) is 10.1. The van der Waals surface area contributed by atoms with Crippen molar-refractivity contribution in [2.45, 2.75) is 122 Å². The number of ether oxygens (including phenoxy) is 3. The van der Waals surface area contributed by atoms with Crippen LogP contribution in [0, 0.1) is 0 Å². The summed E-state index contributed by atoms with van der Waals surface area (Å²) in [5, 5.41) is 10.8. The predicted octanol–water partition coefficient (Wildman–Crippen LogP) is 6.99. The lowest BCUT2D eigenvalue weighted by atomic mass is 10.00. The molecule has 1 aromatic carbocycles. The Labute approximate surface area is 196 Å². The smallest absolute Gasteiger partial charge is 0.119 e. The number of allylic oxidation sites excluding steroid dienone is 1. The molecule has 1 fully saturated rings. The molecule has 0 aromatic heterocycles. The van der Waals surface area contributed by atoms with Gasteiger partial charge in [-0.3, -0.25) is 0 Å². The molecule has 1 heterocycles. The molecule has 2 rings (SSSR count). The first kappa shape index (κ1) is 26.9. The Morgan fingerprint density at radius 2 is 1.81 bits per heavy atom. The Balaban J connectivity index is 1.78. The highest BCUT2D eigenvalue weighted by Crippen LogP contribution is 2.31. The second-order valence-electron chi connectivity index (χ2n) is 9.07. The third-order valence-electron chi connectivity index (χ3n) is 6.36. The Bertz CT molecular complexity index is 600. The van der Waals surface area contributed by atoms with Crippen LogP contribution in [0.2, 0.25) is 0 Å².